The molecular formula is C17H21N3O3. The van der Waals surface area contributed by atoms with Gasteiger partial charge in [0, 0.05) is 32.2 Å². The number of nitrogens with zero attached hydrogens (tertiary/aromatic N) is 2. The lowest BCUT2D eigenvalue weighted by molar-refractivity contribution is -0.0293. The van der Waals surface area contributed by atoms with Gasteiger partial charge in [-0.2, -0.15) is 0 Å². The topological polar surface area (TPSA) is 67.6 Å². The number of aromatic nitrogens is 1. The number of amides is 1. The van der Waals surface area contributed by atoms with Crippen LogP contribution in [0.2, 0.25) is 0 Å². The van der Waals surface area contributed by atoms with E-state index in [0.717, 1.165) is 19.6 Å². The first-order valence-corrected chi connectivity index (χ1v) is 7.80. The van der Waals surface area contributed by atoms with Crippen LogP contribution in [0.1, 0.15) is 21.8 Å². The Labute approximate surface area is 135 Å². The van der Waals surface area contributed by atoms with E-state index in [0.29, 0.717) is 24.6 Å². The summed E-state index contributed by atoms with van der Waals surface area (Å²) in [5.41, 5.74) is 1.59. The van der Waals surface area contributed by atoms with Gasteiger partial charge < -0.3 is 14.6 Å². The van der Waals surface area contributed by atoms with Crippen LogP contribution in [0, 0.1) is 6.92 Å². The predicted octanol–water partition coefficient (Wildman–Crippen LogP) is 1.61. The van der Waals surface area contributed by atoms with Crippen molar-refractivity contribution >= 4 is 5.91 Å². The molecule has 6 heteroatoms. The van der Waals surface area contributed by atoms with Gasteiger partial charge in [-0.3, -0.25) is 9.69 Å². The summed E-state index contributed by atoms with van der Waals surface area (Å²) in [5.74, 6) is 0.392. The number of ether oxygens (including phenoxy) is 1. The summed E-state index contributed by atoms with van der Waals surface area (Å²) < 4.78 is 10.6. The maximum absolute atomic E-state index is 12.0. The summed E-state index contributed by atoms with van der Waals surface area (Å²) >= 11 is 0. The molecule has 122 valence electrons. The average molecular weight is 315 g/mol. The minimum Gasteiger partial charge on any atom is -0.374 e. The molecule has 1 aliphatic heterocycles. The normalized spacial score (nSPS) is 18.7. The molecule has 1 aromatic heterocycles. The van der Waals surface area contributed by atoms with Gasteiger partial charge in [0.05, 0.1) is 12.7 Å². The summed E-state index contributed by atoms with van der Waals surface area (Å²) in [6.07, 6.45) is -0.00981. The number of rotatable bonds is 5. The standard InChI is InChI=1S/C17H21N3O3/c1-13-9-16(19-23-13)17(21)18-10-15-12-20(7-8-22-15)11-14-5-3-2-4-6-14/h2-6,9,15H,7-8,10-12H2,1H3,(H,18,21)/t15-/m0/s1. The van der Waals surface area contributed by atoms with Crippen LogP contribution in [0.3, 0.4) is 0 Å². The lowest BCUT2D eigenvalue weighted by Crippen LogP contribution is -2.47. The van der Waals surface area contributed by atoms with Gasteiger partial charge in [0.25, 0.3) is 5.91 Å². The first kappa shape index (κ1) is 15.7. The Morgan fingerprint density at radius 3 is 2.96 bits per heavy atom. The highest BCUT2D eigenvalue weighted by molar-refractivity contribution is 5.92. The molecule has 1 aliphatic rings. The zero-order valence-electron chi connectivity index (χ0n) is 13.2. The van der Waals surface area contributed by atoms with Gasteiger partial charge in [-0.25, -0.2) is 0 Å². The molecule has 0 aliphatic carbocycles. The number of hydrogen-bond acceptors (Lipinski definition) is 5. The van der Waals surface area contributed by atoms with E-state index in [-0.39, 0.29) is 12.0 Å². The van der Waals surface area contributed by atoms with Crippen molar-refractivity contribution in [3.05, 3.63) is 53.4 Å². The molecule has 2 aromatic rings. The first-order valence-electron chi connectivity index (χ1n) is 7.80. The van der Waals surface area contributed by atoms with Gasteiger partial charge >= 0.3 is 0 Å². The summed E-state index contributed by atoms with van der Waals surface area (Å²) in [4.78, 5) is 14.3. The minimum absolute atomic E-state index is 0.00981. The van der Waals surface area contributed by atoms with Crippen LogP contribution in [-0.4, -0.2) is 48.3 Å². The van der Waals surface area contributed by atoms with Gasteiger partial charge in [0.2, 0.25) is 0 Å². The van der Waals surface area contributed by atoms with Crippen molar-refractivity contribution in [1.82, 2.24) is 15.4 Å². The minimum atomic E-state index is -0.231. The van der Waals surface area contributed by atoms with Crippen LogP contribution in [-0.2, 0) is 11.3 Å². The number of carbonyl (C=O) groups excluding carboxylic acids is 1. The van der Waals surface area contributed by atoms with Gasteiger partial charge in [-0.1, -0.05) is 35.5 Å². The van der Waals surface area contributed by atoms with E-state index >= 15 is 0 Å². The monoisotopic (exact) mass is 315 g/mol. The zero-order valence-corrected chi connectivity index (χ0v) is 13.2. The van der Waals surface area contributed by atoms with Crippen LogP contribution >= 0.6 is 0 Å². The average Bonchev–Trinajstić information content (AvgIpc) is 3.01. The number of benzene rings is 1. The van der Waals surface area contributed by atoms with E-state index in [4.69, 9.17) is 9.26 Å². The first-order chi connectivity index (χ1) is 11.2. The Hall–Kier alpha value is -2.18. The fourth-order valence-corrected chi connectivity index (χ4v) is 2.66. The second kappa shape index (κ2) is 7.39. The lowest BCUT2D eigenvalue weighted by atomic mass is 10.2. The maximum Gasteiger partial charge on any atom is 0.273 e. The Morgan fingerprint density at radius 1 is 1.39 bits per heavy atom. The molecular weight excluding hydrogens is 294 g/mol. The van der Waals surface area contributed by atoms with Crippen LogP contribution < -0.4 is 5.32 Å². The Bertz CT molecular complexity index is 642. The smallest absolute Gasteiger partial charge is 0.273 e. The van der Waals surface area contributed by atoms with E-state index in [1.54, 1.807) is 13.0 Å². The SMILES string of the molecule is Cc1cc(C(=O)NC[C@H]2CN(Cc3ccccc3)CCO2)no1. The third-order valence-corrected chi connectivity index (χ3v) is 3.82. The van der Waals surface area contributed by atoms with E-state index in [1.807, 2.05) is 18.2 Å². The highest BCUT2D eigenvalue weighted by Gasteiger charge is 2.21. The fraction of sp³-hybridized carbons (Fsp3) is 0.412. The zero-order chi connectivity index (χ0) is 16.1. The van der Waals surface area contributed by atoms with Crippen molar-refractivity contribution in [2.45, 2.75) is 19.6 Å². The number of aryl methyl sites for hydroxylation is 1. The summed E-state index contributed by atoms with van der Waals surface area (Å²) in [6.45, 7) is 5.51. The van der Waals surface area contributed by atoms with E-state index < -0.39 is 0 Å². The molecule has 1 amide bonds. The van der Waals surface area contributed by atoms with Crippen LogP contribution in [0.5, 0.6) is 0 Å². The van der Waals surface area contributed by atoms with Gasteiger partial charge in [-0.15, -0.1) is 0 Å². The molecule has 0 radical (unpaired) electrons. The molecule has 0 bridgehead atoms. The van der Waals surface area contributed by atoms with Gasteiger partial charge in [0.15, 0.2) is 5.69 Å². The molecule has 3 rings (SSSR count). The summed E-state index contributed by atoms with van der Waals surface area (Å²) in [5, 5.41) is 6.57. The Kier molecular flexibility index (Phi) is 5.05. The van der Waals surface area contributed by atoms with E-state index in [9.17, 15) is 4.79 Å². The number of morpholine rings is 1. The Morgan fingerprint density at radius 2 is 2.22 bits per heavy atom. The molecule has 6 nitrogen and oxygen atoms in total. The molecule has 0 saturated carbocycles. The number of nitrogens with one attached hydrogen (secondary N) is 1. The van der Waals surface area contributed by atoms with Gasteiger partial charge in [0.1, 0.15) is 5.76 Å². The summed E-state index contributed by atoms with van der Waals surface area (Å²) in [7, 11) is 0. The van der Waals surface area contributed by atoms with Crippen molar-refractivity contribution < 1.29 is 14.1 Å². The lowest BCUT2D eigenvalue weighted by Gasteiger charge is -2.33. The highest BCUT2D eigenvalue weighted by atomic mass is 16.5. The molecule has 2 heterocycles. The maximum atomic E-state index is 12.0. The third-order valence-electron chi connectivity index (χ3n) is 3.82. The number of carbonyl (C=O) groups is 1. The highest BCUT2D eigenvalue weighted by Crippen LogP contribution is 2.10. The molecule has 1 N–H and O–H groups in total. The van der Waals surface area contributed by atoms with Crippen molar-refractivity contribution in [3.8, 4) is 0 Å². The van der Waals surface area contributed by atoms with E-state index in [2.05, 4.69) is 27.5 Å². The van der Waals surface area contributed by atoms with Crippen LogP contribution in [0.4, 0.5) is 0 Å². The molecule has 1 atom stereocenters. The summed E-state index contributed by atoms with van der Waals surface area (Å²) in [6, 6.07) is 12.0. The fourth-order valence-electron chi connectivity index (χ4n) is 2.66. The van der Waals surface area contributed by atoms with E-state index in [1.165, 1.54) is 5.56 Å². The molecule has 0 unspecified atom stereocenters. The predicted molar refractivity (Wildman–Crippen MR) is 85.0 cm³/mol. The largest absolute Gasteiger partial charge is 0.374 e. The second-order valence-electron chi connectivity index (χ2n) is 5.75. The second-order valence-corrected chi connectivity index (χ2v) is 5.75. The molecule has 0 spiro atoms. The van der Waals surface area contributed by atoms with Crippen molar-refractivity contribution in [2.24, 2.45) is 0 Å². The molecule has 1 aromatic carbocycles. The van der Waals surface area contributed by atoms with Gasteiger partial charge in [-0.05, 0) is 12.5 Å². The number of hydrogen-bond donors (Lipinski definition) is 1. The molecule has 1 saturated heterocycles. The Balaban J connectivity index is 1.48. The molecule has 1 fully saturated rings. The third kappa shape index (κ3) is 4.40. The van der Waals surface area contributed by atoms with Crippen molar-refractivity contribution in [3.63, 3.8) is 0 Å². The van der Waals surface area contributed by atoms with Crippen molar-refractivity contribution in [1.29, 1.82) is 0 Å². The van der Waals surface area contributed by atoms with Crippen molar-refractivity contribution in [2.75, 3.05) is 26.2 Å². The molecule has 23 heavy (non-hydrogen) atoms. The van der Waals surface area contributed by atoms with Crippen LogP contribution in [0.15, 0.2) is 40.9 Å². The van der Waals surface area contributed by atoms with Crippen LogP contribution in [0.25, 0.3) is 0 Å². The quantitative estimate of drug-likeness (QED) is 0.908.